The van der Waals surface area contributed by atoms with Crippen LogP contribution in [0.4, 0.5) is 5.69 Å². The number of anilines is 1. The van der Waals surface area contributed by atoms with Crippen LogP contribution in [0.5, 0.6) is 0 Å². The zero-order valence-corrected chi connectivity index (χ0v) is 22.0. The number of nitrogens with zero attached hydrogens (tertiary/aromatic N) is 1. The van der Waals surface area contributed by atoms with Gasteiger partial charge in [-0.05, 0) is 70.1 Å². The minimum Gasteiger partial charge on any atom is -0.507 e. The summed E-state index contributed by atoms with van der Waals surface area (Å²) in [5, 5.41) is 14.2. The van der Waals surface area contributed by atoms with Crippen molar-refractivity contribution in [3.63, 3.8) is 0 Å². The maximum absolute atomic E-state index is 13.6. The van der Waals surface area contributed by atoms with Crippen molar-refractivity contribution in [2.24, 2.45) is 0 Å². The van der Waals surface area contributed by atoms with Gasteiger partial charge in [-0.1, -0.05) is 87.0 Å². The molecule has 1 aliphatic rings. The highest BCUT2D eigenvalue weighted by Gasteiger charge is 2.47. The van der Waals surface area contributed by atoms with Gasteiger partial charge >= 0.3 is 0 Å². The predicted octanol–water partition coefficient (Wildman–Crippen LogP) is 7.73. The number of Topliss-reactive ketones (excluding diaryl/α,β-unsaturated/α-hetero) is 1. The van der Waals surface area contributed by atoms with E-state index in [-0.39, 0.29) is 16.7 Å². The molecule has 4 aromatic rings. The Morgan fingerprint density at radius 3 is 2.27 bits per heavy atom. The molecule has 0 aromatic heterocycles. The Hall–Kier alpha value is -3.89. The van der Waals surface area contributed by atoms with Gasteiger partial charge in [-0.15, -0.1) is 0 Å². The minimum absolute atomic E-state index is 0.0745. The van der Waals surface area contributed by atoms with E-state index in [1.54, 1.807) is 24.3 Å². The molecule has 0 spiro atoms. The number of aryl methyl sites for hydroxylation is 1. The Labute approximate surface area is 221 Å². The van der Waals surface area contributed by atoms with Crippen molar-refractivity contribution in [2.45, 2.75) is 39.2 Å². The van der Waals surface area contributed by atoms with E-state index >= 15 is 0 Å². The summed E-state index contributed by atoms with van der Waals surface area (Å²) in [6, 6.07) is 25.5. The van der Waals surface area contributed by atoms with Crippen LogP contribution in [0.25, 0.3) is 16.5 Å². The van der Waals surface area contributed by atoms with Crippen molar-refractivity contribution in [1.29, 1.82) is 0 Å². The maximum atomic E-state index is 13.6. The summed E-state index contributed by atoms with van der Waals surface area (Å²) in [5.41, 5.74) is 3.60. The number of aliphatic hydroxyl groups is 1. The first-order valence-electron chi connectivity index (χ1n) is 12.2. The molecule has 0 saturated carbocycles. The Morgan fingerprint density at radius 1 is 0.892 bits per heavy atom. The van der Waals surface area contributed by atoms with E-state index in [1.165, 1.54) is 4.90 Å². The molecule has 1 heterocycles. The molecule has 1 saturated heterocycles. The first-order valence-corrected chi connectivity index (χ1v) is 12.6. The molecule has 4 aromatic carbocycles. The summed E-state index contributed by atoms with van der Waals surface area (Å²) in [4.78, 5) is 28.7. The van der Waals surface area contributed by atoms with E-state index in [4.69, 9.17) is 11.6 Å². The number of amides is 1. The van der Waals surface area contributed by atoms with Crippen LogP contribution in [0.1, 0.15) is 49.1 Å². The standard InChI is InChI=1S/C32H28ClNO3/c1-19-12-13-21(32(2,3)4)18-26(19)29(35)27-28(25-11-7-9-20-8-5-6-10-24(20)25)34(31(37)30(27)36)23-16-14-22(33)15-17-23/h5-18,28,35H,1-4H3/b29-27+. The molecule has 186 valence electrons. The maximum Gasteiger partial charge on any atom is 0.300 e. The first-order chi connectivity index (χ1) is 17.6. The van der Waals surface area contributed by atoms with Gasteiger partial charge in [-0.2, -0.15) is 0 Å². The smallest absolute Gasteiger partial charge is 0.300 e. The van der Waals surface area contributed by atoms with Gasteiger partial charge in [0, 0.05) is 16.3 Å². The number of fused-ring (bicyclic) bond motifs is 1. The fraction of sp³-hybridized carbons (Fsp3) is 0.188. The van der Waals surface area contributed by atoms with Crippen LogP contribution in [-0.4, -0.2) is 16.8 Å². The summed E-state index contributed by atoms with van der Waals surface area (Å²) in [7, 11) is 0. The highest BCUT2D eigenvalue weighted by atomic mass is 35.5. The largest absolute Gasteiger partial charge is 0.507 e. The molecular weight excluding hydrogens is 482 g/mol. The van der Waals surface area contributed by atoms with Crippen molar-refractivity contribution < 1.29 is 14.7 Å². The van der Waals surface area contributed by atoms with Gasteiger partial charge in [0.2, 0.25) is 0 Å². The fourth-order valence-corrected chi connectivity index (χ4v) is 5.10. The molecule has 1 atom stereocenters. The van der Waals surface area contributed by atoms with E-state index in [9.17, 15) is 14.7 Å². The second-order valence-corrected chi connectivity index (χ2v) is 10.9. The molecule has 1 N–H and O–H groups in total. The summed E-state index contributed by atoms with van der Waals surface area (Å²) in [5.74, 6) is -1.58. The number of aliphatic hydroxyl groups excluding tert-OH is 1. The fourth-order valence-electron chi connectivity index (χ4n) is 4.97. The summed E-state index contributed by atoms with van der Waals surface area (Å²) < 4.78 is 0. The van der Waals surface area contributed by atoms with Gasteiger partial charge in [0.15, 0.2) is 0 Å². The SMILES string of the molecule is Cc1ccc(C(C)(C)C)cc1/C(O)=C1\C(=O)C(=O)N(c2ccc(Cl)cc2)C1c1cccc2ccccc12. The molecule has 1 unspecified atom stereocenters. The number of halogens is 1. The summed E-state index contributed by atoms with van der Waals surface area (Å²) in [6.07, 6.45) is 0. The Bertz CT molecular complexity index is 1570. The average Bonchev–Trinajstić information content (AvgIpc) is 3.13. The number of rotatable bonds is 3. The lowest BCUT2D eigenvalue weighted by atomic mass is 9.84. The molecule has 5 heteroatoms. The minimum atomic E-state index is -0.815. The molecule has 4 nitrogen and oxygen atoms in total. The monoisotopic (exact) mass is 509 g/mol. The highest BCUT2D eigenvalue weighted by molar-refractivity contribution is 6.52. The normalized spacial score (nSPS) is 17.5. The highest BCUT2D eigenvalue weighted by Crippen LogP contribution is 2.45. The zero-order valence-electron chi connectivity index (χ0n) is 21.2. The number of carbonyl (C=O) groups is 2. The van der Waals surface area contributed by atoms with Gasteiger partial charge in [0.25, 0.3) is 11.7 Å². The van der Waals surface area contributed by atoms with E-state index in [1.807, 2.05) is 67.6 Å². The van der Waals surface area contributed by atoms with Crippen LogP contribution in [0.15, 0.2) is 90.5 Å². The second-order valence-electron chi connectivity index (χ2n) is 10.5. The molecule has 0 aliphatic carbocycles. The molecule has 1 aliphatic heterocycles. The van der Waals surface area contributed by atoms with Crippen LogP contribution >= 0.6 is 11.6 Å². The van der Waals surface area contributed by atoms with E-state index < -0.39 is 17.7 Å². The Kier molecular flexibility index (Phi) is 6.17. The molecule has 1 fully saturated rings. The van der Waals surface area contributed by atoms with Crippen LogP contribution < -0.4 is 4.90 Å². The Morgan fingerprint density at radius 2 is 1.57 bits per heavy atom. The van der Waals surface area contributed by atoms with Crippen molar-refractivity contribution in [2.75, 3.05) is 4.90 Å². The molecule has 1 amide bonds. The quantitative estimate of drug-likeness (QED) is 0.175. The summed E-state index contributed by atoms with van der Waals surface area (Å²) >= 11 is 6.12. The van der Waals surface area contributed by atoms with Crippen LogP contribution in [0, 0.1) is 6.92 Å². The number of carbonyl (C=O) groups excluding carboxylic acids is 2. The van der Waals surface area contributed by atoms with Crippen molar-refractivity contribution >= 4 is 45.5 Å². The lowest BCUT2D eigenvalue weighted by Gasteiger charge is -2.27. The summed E-state index contributed by atoms with van der Waals surface area (Å²) in [6.45, 7) is 8.18. The first kappa shape index (κ1) is 24.8. The van der Waals surface area contributed by atoms with Gasteiger partial charge in [-0.25, -0.2) is 0 Å². The second kappa shape index (κ2) is 9.20. The van der Waals surface area contributed by atoms with E-state index in [2.05, 4.69) is 20.8 Å². The third-order valence-electron chi connectivity index (χ3n) is 7.03. The molecule has 37 heavy (non-hydrogen) atoms. The van der Waals surface area contributed by atoms with Crippen molar-refractivity contribution in [1.82, 2.24) is 0 Å². The van der Waals surface area contributed by atoms with E-state index in [0.717, 1.165) is 27.5 Å². The molecule has 0 bridgehead atoms. The third kappa shape index (κ3) is 4.32. The molecule has 0 radical (unpaired) electrons. The molecule has 5 rings (SSSR count). The predicted molar refractivity (Wildman–Crippen MR) is 150 cm³/mol. The number of ketones is 1. The van der Waals surface area contributed by atoms with Gasteiger partial charge in [0.05, 0.1) is 11.6 Å². The number of hydrogen-bond donors (Lipinski definition) is 1. The zero-order chi connectivity index (χ0) is 26.5. The van der Waals surface area contributed by atoms with Gasteiger partial charge in [-0.3, -0.25) is 14.5 Å². The lowest BCUT2D eigenvalue weighted by molar-refractivity contribution is -0.132. The average molecular weight is 510 g/mol. The number of benzene rings is 4. The van der Waals surface area contributed by atoms with Gasteiger partial charge < -0.3 is 5.11 Å². The van der Waals surface area contributed by atoms with Crippen LogP contribution in [0.2, 0.25) is 5.02 Å². The van der Waals surface area contributed by atoms with Crippen molar-refractivity contribution in [3.8, 4) is 0 Å². The van der Waals surface area contributed by atoms with Crippen molar-refractivity contribution in [3.05, 3.63) is 118 Å². The topological polar surface area (TPSA) is 57.6 Å². The Balaban J connectivity index is 1.82. The van der Waals surface area contributed by atoms with Crippen LogP contribution in [-0.2, 0) is 15.0 Å². The van der Waals surface area contributed by atoms with E-state index in [0.29, 0.717) is 16.3 Å². The van der Waals surface area contributed by atoms with Crippen LogP contribution in [0.3, 0.4) is 0 Å². The molecular formula is C32H28ClNO3. The third-order valence-corrected chi connectivity index (χ3v) is 7.28. The van der Waals surface area contributed by atoms with Gasteiger partial charge in [0.1, 0.15) is 5.76 Å². The number of hydrogen-bond acceptors (Lipinski definition) is 3. The lowest BCUT2D eigenvalue weighted by Crippen LogP contribution is -2.29.